The third-order valence-electron chi connectivity index (χ3n) is 3.89. The van der Waals surface area contributed by atoms with Crippen molar-refractivity contribution in [1.29, 1.82) is 0 Å². The molecule has 0 fully saturated rings. The van der Waals surface area contributed by atoms with Crippen LogP contribution in [0.4, 0.5) is 0 Å². The van der Waals surface area contributed by atoms with Gasteiger partial charge in [0.05, 0.1) is 18.4 Å². The van der Waals surface area contributed by atoms with Crippen LogP contribution in [-0.4, -0.2) is 57.2 Å². The summed E-state index contributed by atoms with van der Waals surface area (Å²) in [5, 5.41) is 0. The molecular formula is C17H23NO5. The van der Waals surface area contributed by atoms with Crippen molar-refractivity contribution >= 4 is 11.5 Å². The van der Waals surface area contributed by atoms with Crippen LogP contribution in [0.25, 0.3) is 5.57 Å². The second-order valence-electron chi connectivity index (χ2n) is 5.20. The molecule has 2 rings (SSSR count). The summed E-state index contributed by atoms with van der Waals surface area (Å²) in [6.07, 6.45) is 2.05. The standard InChI is InChI=1S/C17H23NO5/c1-5-23-17(19)13-8-6-7-12(18-13)11-9-14(20-2)16(22-4)15(10-11)21-3/h6-9,14-16H,5,10H2,1-4H3. The number of methoxy groups -OCH3 is 3. The third-order valence-corrected chi connectivity index (χ3v) is 3.89. The van der Waals surface area contributed by atoms with Gasteiger partial charge in [-0.2, -0.15) is 0 Å². The van der Waals surface area contributed by atoms with Gasteiger partial charge < -0.3 is 18.9 Å². The summed E-state index contributed by atoms with van der Waals surface area (Å²) >= 11 is 0. The first-order chi connectivity index (χ1) is 11.1. The molecule has 0 saturated heterocycles. The molecule has 126 valence electrons. The molecule has 1 aliphatic rings. The number of pyridine rings is 1. The molecule has 0 bridgehead atoms. The monoisotopic (exact) mass is 321 g/mol. The van der Waals surface area contributed by atoms with Crippen LogP contribution in [0.2, 0.25) is 0 Å². The van der Waals surface area contributed by atoms with Crippen molar-refractivity contribution in [3.63, 3.8) is 0 Å². The highest BCUT2D eigenvalue weighted by Gasteiger charge is 2.34. The van der Waals surface area contributed by atoms with Crippen molar-refractivity contribution in [2.75, 3.05) is 27.9 Å². The van der Waals surface area contributed by atoms with Gasteiger partial charge in [0.25, 0.3) is 0 Å². The number of aromatic nitrogens is 1. The predicted molar refractivity (Wildman–Crippen MR) is 85.2 cm³/mol. The first kappa shape index (κ1) is 17.6. The van der Waals surface area contributed by atoms with E-state index in [4.69, 9.17) is 18.9 Å². The van der Waals surface area contributed by atoms with Crippen LogP contribution in [-0.2, 0) is 18.9 Å². The van der Waals surface area contributed by atoms with E-state index in [1.165, 1.54) is 0 Å². The average Bonchev–Trinajstić information content (AvgIpc) is 2.60. The maximum absolute atomic E-state index is 11.8. The van der Waals surface area contributed by atoms with Gasteiger partial charge >= 0.3 is 5.97 Å². The molecule has 0 radical (unpaired) electrons. The Hall–Kier alpha value is -1.76. The fraction of sp³-hybridized carbons (Fsp3) is 0.529. The average molecular weight is 321 g/mol. The first-order valence-electron chi connectivity index (χ1n) is 7.58. The molecular weight excluding hydrogens is 298 g/mol. The van der Waals surface area contributed by atoms with Crippen molar-refractivity contribution < 1.29 is 23.7 Å². The summed E-state index contributed by atoms with van der Waals surface area (Å²) in [5.41, 5.74) is 1.97. The molecule has 0 N–H and O–H groups in total. The van der Waals surface area contributed by atoms with Gasteiger partial charge in [0.2, 0.25) is 0 Å². The number of carbonyl (C=O) groups excluding carboxylic acids is 1. The zero-order valence-corrected chi connectivity index (χ0v) is 13.9. The number of hydrogen-bond donors (Lipinski definition) is 0. The Labute approximate surface area is 136 Å². The summed E-state index contributed by atoms with van der Waals surface area (Å²) in [6.45, 7) is 2.09. The highest BCUT2D eigenvalue weighted by Crippen LogP contribution is 2.30. The molecule has 0 saturated carbocycles. The van der Waals surface area contributed by atoms with E-state index in [0.29, 0.717) is 24.4 Å². The van der Waals surface area contributed by atoms with Crippen molar-refractivity contribution in [1.82, 2.24) is 4.98 Å². The molecule has 0 spiro atoms. The van der Waals surface area contributed by atoms with Crippen LogP contribution in [0.3, 0.4) is 0 Å². The number of hydrogen-bond acceptors (Lipinski definition) is 6. The zero-order chi connectivity index (χ0) is 16.8. The van der Waals surface area contributed by atoms with Gasteiger partial charge in [0, 0.05) is 27.8 Å². The van der Waals surface area contributed by atoms with Gasteiger partial charge in [-0.1, -0.05) is 6.07 Å². The van der Waals surface area contributed by atoms with Gasteiger partial charge in [-0.25, -0.2) is 9.78 Å². The summed E-state index contributed by atoms with van der Waals surface area (Å²) in [7, 11) is 4.92. The van der Waals surface area contributed by atoms with E-state index < -0.39 is 5.97 Å². The maximum Gasteiger partial charge on any atom is 0.356 e. The SMILES string of the molecule is CCOC(=O)c1cccc(C2=CC(OC)C(OC)C(OC)C2)n1. The van der Waals surface area contributed by atoms with Gasteiger partial charge in [-0.3, -0.25) is 0 Å². The van der Waals surface area contributed by atoms with Crippen LogP contribution >= 0.6 is 0 Å². The van der Waals surface area contributed by atoms with Crippen molar-refractivity contribution in [3.8, 4) is 0 Å². The lowest BCUT2D eigenvalue weighted by atomic mass is 9.90. The van der Waals surface area contributed by atoms with E-state index in [-0.39, 0.29) is 18.3 Å². The third kappa shape index (κ3) is 3.96. The van der Waals surface area contributed by atoms with E-state index in [9.17, 15) is 4.79 Å². The lowest BCUT2D eigenvalue weighted by Gasteiger charge is -2.34. The molecule has 3 unspecified atom stereocenters. The highest BCUT2D eigenvalue weighted by atomic mass is 16.6. The van der Waals surface area contributed by atoms with Crippen LogP contribution in [0.5, 0.6) is 0 Å². The fourth-order valence-corrected chi connectivity index (χ4v) is 2.73. The topological polar surface area (TPSA) is 66.9 Å². The molecule has 1 aromatic heterocycles. The van der Waals surface area contributed by atoms with E-state index in [2.05, 4.69) is 4.98 Å². The molecule has 6 nitrogen and oxygen atoms in total. The Kier molecular flexibility index (Phi) is 6.27. The largest absolute Gasteiger partial charge is 0.461 e. The van der Waals surface area contributed by atoms with Gasteiger partial charge in [-0.05, 0) is 30.7 Å². The lowest BCUT2D eigenvalue weighted by Crippen LogP contribution is -2.43. The highest BCUT2D eigenvalue weighted by molar-refractivity contribution is 5.87. The zero-order valence-electron chi connectivity index (χ0n) is 13.9. The Morgan fingerprint density at radius 2 is 2.00 bits per heavy atom. The van der Waals surface area contributed by atoms with E-state index in [1.807, 2.05) is 12.1 Å². The summed E-state index contributed by atoms with van der Waals surface area (Å²) in [5.74, 6) is -0.424. The Balaban J connectivity index is 2.31. The van der Waals surface area contributed by atoms with E-state index >= 15 is 0 Å². The second-order valence-corrected chi connectivity index (χ2v) is 5.20. The maximum atomic E-state index is 11.8. The first-order valence-corrected chi connectivity index (χ1v) is 7.58. The fourth-order valence-electron chi connectivity index (χ4n) is 2.73. The second kappa shape index (κ2) is 8.19. The molecule has 6 heteroatoms. The molecule has 1 aliphatic carbocycles. The molecule has 0 aliphatic heterocycles. The minimum atomic E-state index is -0.424. The Bertz CT molecular complexity index is 572. The quantitative estimate of drug-likeness (QED) is 0.748. The molecule has 23 heavy (non-hydrogen) atoms. The van der Waals surface area contributed by atoms with Gasteiger partial charge in [0.15, 0.2) is 0 Å². The summed E-state index contributed by atoms with van der Waals surface area (Å²) < 4.78 is 21.5. The van der Waals surface area contributed by atoms with Crippen LogP contribution in [0, 0.1) is 0 Å². The summed E-state index contributed by atoms with van der Waals surface area (Å²) in [6, 6.07) is 5.30. The molecule has 0 aromatic carbocycles. The number of ether oxygens (including phenoxy) is 4. The van der Waals surface area contributed by atoms with Crippen molar-refractivity contribution in [2.24, 2.45) is 0 Å². The van der Waals surface area contributed by atoms with Gasteiger partial charge in [-0.15, -0.1) is 0 Å². The van der Waals surface area contributed by atoms with E-state index in [1.54, 1.807) is 40.4 Å². The molecule has 3 atom stereocenters. The van der Waals surface area contributed by atoms with Crippen molar-refractivity contribution in [3.05, 3.63) is 35.7 Å². The van der Waals surface area contributed by atoms with Gasteiger partial charge in [0.1, 0.15) is 17.9 Å². The lowest BCUT2D eigenvalue weighted by molar-refractivity contribution is -0.0935. The number of nitrogens with zero attached hydrogens (tertiary/aromatic N) is 1. The molecule has 0 amide bonds. The number of carbonyl (C=O) groups is 1. The normalized spacial score (nSPS) is 24.2. The van der Waals surface area contributed by atoms with Crippen LogP contribution in [0.15, 0.2) is 24.3 Å². The Morgan fingerprint density at radius 3 is 2.61 bits per heavy atom. The minimum absolute atomic E-state index is 0.141. The molecule has 1 aromatic rings. The number of rotatable bonds is 6. The molecule has 1 heterocycles. The predicted octanol–water partition coefficient (Wildman–Crippen LogP) is 2.09. The number of esters is 1. The van der Waals surface area contributed by atoms with Crippen LogP contribution < -0.4 is 0 Å². The Morgan fingerprint density at radius 1 is 1.22 bits per heavy atom. The smallest absolute Gasteiger partial charge is 0.356 e. The van der Waals surface area contributed by atoms with E-state index in [0.717, 1.165) is 5.57 Å². The summed E-state index contributed by atoms with van der Waals surface area (Å²) in [4.78, 5) is 16.3. The van der Waals surface area contributed by atoms with Crippen LogP contribution in [0.1, 0.15) is 29.5 Å². The minimum Gasteiger partial charge on any atom is -0.461 e. The van der Waals surface area contributed by atoms with Crippen molar-refractivity contribution in [2.45, 2.75) is 31.7 Å².